The van der Waals surface area contributed by atoms with Gasteiger partial charge in [0.1, 0.15) is 6.61 Å². The zero-order valence-electron chi connectivity index (χ0n) is 6.47. The van der Waals surface area contributed by atoms with Gasteiger partial charge in [0, 0.05) is 4.53 Å². The van der Waals surface area contributed by atoms with Crippen molar-refractivity contribution in [2.24, 2.45) is 0 Å². The van der Waals surface area contributed by atoms with Crippen LogP contribution in [0.5, 0.6) is 5.75 Å². The van der Waals surface area contributed by atoms with Gasteiger partial charge in [-0.1, -0.05) is 12.1 Å². The van der Waals surface area contributed by atoms with Gasteiger partial charge in [0.15, 0.2) is 5.75 Å². The van der Waals surface area contributed by atoms with Crippen molar-refractivity contribution in [3.05, 3.63) is 39.9 Å². The van der Waals surface area contributed by atoms with E-state index in [9.17, 15) is 14.6 Å². The standard InChI is InChI=1S/C7H6FNO4/c8-13-7-3-1-6(2-4-7)5-12-9(10)11/h1-4H,5H2. The minimum atomic E-state index is -0.889. The van der Waals surface area contributed by atoms with Crippen LogP contribution in [0.15, 0.2) is 24.3 Å². The Morgan fingerprint density at radius 2 is 2.00 bits per heavy atom. The van der Waals surface area contributed by atoms with Gasteiger partial charge in [-0.3, -0.25) is 4.94 Å². The Morgan fingerprint density at radius 1 is 1.38 bits per heavy atom. The van der Waals surface area contributed by atoms with Gasteiger partial charge in [0.25, 0.3) is 5.09 Å². The van der Waals surface area contributed by atoms with E-state index < -0.39 is 5.09 Å². The molecule has 0 bridgehead atoms. The van der Waals surface area contributed by atoms with Crippen molar-refractivity contribution in [2.45, 2.75) is 6.61 Å². The fraction of sp³-hybridized carbons (Fsp3) is 0.143. The van der Waals surface area contributed by atoms with E-state index >= 15 is 0 Å². The summed E-state index contributed by atoms with van der Waals surface area (Å²) >= 11 is 0. The molecule has 0 aliphatic heterocycles. The van der Waals surface area contributed by atoms with E-state index in [1.807, 2.05) is 0 Å². The van der Waals surface area contributed by atoms with Crippen LogP contribution < -0.4 is 4.94 Å². The Hall–Kier alpha value is -1.85. The second-order valence-corrected chi connectivity index (χ2v) is 2.22. The van der Waals surface area contributed by atoms with Crippen molar-refractivity contribution in [3.8, 4) is 5.75 Å². The second kappa shape index (κ2) is 4.24. The number of nitrogens with zero attached hydrogens (tertiary/aromatic N) is 1. The van der Waals surface area contributed by atoms with E-state index in [-0.39, 0.29) is 12.4 Å². The fourth-order valence-electron chi connectivity index (χ4n) is 0.764. The maximum Gasteiger partial charge on any atom is 0.294 e. The van der Waals surface area contributed by atoms with Crippen LogP contribution in [0, 0.1) is 10.1 Å². The van der Waals surface area contributed by atoms with Gasteiger partial charge in [-0.2, -0.15) is 0 Å². The first-order chi connectivity index (χ1) is 6.22. The lowest BCUT2D eigenvalue weighted by Gasteiger charge is -1.99. The average molecular weight is 187 g/mol. The first kappa shape index (κ1) is 9.24. The first-order valence-electron chi connectivity index (χ1n) is 3.37. The molecular formula is C7H6FNO4. The molecule has 0 atom stereocenters. The van der Waals surface area contributed by atoms with E-state index in [0.717, 1.165) is 0 Å². The monoisotopic (exact) mass is 187 g/mol. The van der Waals surface area contributed by atoms with Gasteiger partial charge in [-0.05, 0) is 17.7 Å². The number of hydrogen-bond acceptors (Lipinski definition) is 4. The number of rotatable bonds is 4. The molecule has 0 heterocycles. The first-order valence-corrected chi connectivity index (χ1v) is 3.37. The average Bonchev–Trinajstić information content (AvgIpc) is 2.15. The highest BCUT2D eigenvalue weighted by Crippen LogP contribution is 2.12. The summed E-state index contributed by atoms with van der Waals surface area (Å²) in [5, 5.41) is 8.91. The van der Waals surface area contributed by atoms with Crippen molar-refractivity contribution in [3.63, 3.8) is 0 Å². The van der Waals surface area contributed by atoms with E-state index in [4.69, 9.17) is 0 Å². The summed E-state index contributed by atoms with van der Waals surface area (Å²) in [5.74, 6) is 0.0462. The summed E-state index contributed by atoms with van der Waals surface area (Å²) in [6, 6.07) is 5.63. The fourth-order valence-corrected chi connectivity index (χ4v) is 0.764. The van der Waals surface area contributed by atoms with Crippen molar-refractivity contribution in [1.29, 1.82) is 0 Å². The predicted octanol–water partition coefficient (Wildman–Crippen LogP) is 1.66. The molecule has 0 aromatic heterocycles. The van der Waals surface area contributed by atoms with E-state index in [2.05, 4.69) is 9.78 Å². The molecule has 70 valence electrons. The Morgan fingerprint density at radius 3 is 2.46 bits per heavy atom. The van der Waals surface area contributed by atoms with Crippen molar-refractivity contribution < 1.29 is 19.4 Å². The number of halogens is 1. The zero-order valence-corrected chi connectivity index (χ0v) is 6.47. The quantitative estimate of drug-likeness (QED) is 0.531. The molecule has 0 aliphatic carbocycles. The molecule has 1 aromatic rings. The van der Waals surface area contributed by atoms with Crippen LogP contribution in [0.3, 0.4) is 0 Å². The maximum absolute atomic E-state index is 11.5. The smallest absolute Gasteiger partial charge is 0.294 e. The van der Waals surface area contributed by atoms with Crippen molar-refractivity contribution in [2.75, 3.05) is 0 Å². The van der Waals surface area contributed by atoms with Crippen LogP contribution in [-0.4, -0.2) is 5.09 Å². The molecular weight excluding hydrogens is 181 g/mol. The summed E-state index contributed by atoms with van der Waals surface area (Å²) in [5.41, 5.74) is 0.567. The molecule has 0 fully saturated rings. The Kier molecular flexibility index (Phi) is 3.02. The van der Waals surface area contributed by atoms with Gasteiger partial charge in [-0.25, -0.2) is 0 Å². The molecule has 0 unspecified atom stereocenters. The van der Waals surface area contributed by atoms with Crippen LogP contribution in [0.1, 0.15) is 5.56 Å². The van der Waals surface area contributed by atoms with Gasteiger partial charge in [0.05, 0.1) is 0 Å². The third-order valence-electron chi connectivity index (χ3n) is 1.35. The summed E-state index contributed by atoms with van der Waals surface area (Å²) in [4.78, 5) is 17.3. The maximum atomic E-state index is 11.5. The third-order valence-corrected chi connectivity index (χ3v) is 1.35. The summed E-state index contributed by atoms with van der Waals surface area (Å²) < 4.78 is 11.5. The molecule has 0 saturated carbocycles. The Labute approximate surface area is 72.7 Å². The summed E-state index contributed by atoms with van der Waals surface area (Å²) in [7, 11) is 0. The largest absolute Gasteiger partial charge is 0.309 e. The lowest BCUT2D eigenvalue weighted by Crippen LogP contribution is -2.00. The molecule has 0 amide bonds. The highest BCUT2D eigenvalue weighted by molar-refractivity contribution is 5.26. The third kappa shape index (κ3) is 2.94. The lowest BCUT2D eigenvalue weighted by molar-refractivity contribution is -0.763. The van der Waals surface area contributed by atoms with Crippen LogP contribution in [0.4, 0.5) is 4.53 Å². The number of hydrogen-bond donors (Lipinski definition) is 0. The normalized spacial score (nSPS) is 9.31. The minimum absolute atomic E-state index is 0.0462. The summed E-state index contributed by atoms with van der Waals surface area (Å²) in [6.45, 7) is -0.153. The molecule has 0 N–H and O–H groups in total. The minimum Gasteiger partial charge on any atom is -0.309 e. The molecule has 0 aliphatic rings. The highest BCUT2D eigenvalue weighted by Gasteiger charge is 1.98. The van der Waals surface area contributed by atoms with Gasteiger partial charge >= 0.3 is 0 Å². The highest BCUT2D eigenvalue weighted by atomic mass is 19.3. The lowest BCUT2D eigenvalue weighted by atomic mass is 10.2. The van der Waals surface area contributed by atoms with Crippen molar-refractivity contribution >= 4 is 0 Å². The molecule has 13 heavy (non-hydrogen) atoms. The van der Waals surface area contributed by atoms with Crippen LogP contribution in [0.25, 0.3) is 0 Å². The molecule has 1 aromatic carbocycles. The van der Waals surface area contributed by atoms with Gasteiger partial charge in [0.2, 0.25) is 0 Å². The van der Waals surface area contributed by atoms with Crippen LogP contribution in [0.2, 0.25) is 0 Å². The van der Waals surface area contributed by atoms with E-state index in [0.29, 0.717) is 5.56 Å². The van der Waals surface area contributed by atoms with Crippen molar-refractivity contribution in [1.82, 2.24) is 0 Å². The van der Waals surface area contributed by atoms with Crippen LogP contribution >= 0.6 is 0 Å². The van der Waals surface area contributed by atoms with Gasteiger partial charge < -0.3 is 4.84 Å². The second-order valence-electron chi connectivity index (χ2n) is 2.22. The molecule has 0 saturated heterocycles. The van der Waals surface area contributed by atoms with Crippen LogP contribution in [-0.2, 0) is 11.4 Å². The number of benzene rings is 1. The Balaban J connectivity index is 2.54. The SMILES string of the molecule is O=[N+]([O-])OCc1ccc(OF)cc1. The molecule has 1 rings (SSSR count). The molecule has 0 radical (unpaired) electrons. The summed E-state index contributed by atoms with van der Waals surface area (Å²) in [6.07, 6.45) is 0. The molecule has 6 heteroatoms. The molecule has 5 nitrogen and oxygen atoms in total. The van der Waals surface area contributed by atoms with Gasteiger partial charge in [-0.15, -0.1) is 10.1 Å². The predicted molar refractivity (Wildman–Crippen MR) is 40.0 cm³/mol. The molecule has 0 spiro atoms. The van der Waals surface area contributed by atoms with E-state index in [1.54, 1.807) is 0 Å². The van der Waals surface area contributed by atoms with E-state index in [1.165, 1.54) is 24.3 Å². The Bertz CT molecular complexity index is 287. The zero-order chi connectivity index (χ0) is 9.68. The topological polar surface area (TPSA) is 61.6 Å².